The van der Waals surface area contributed by atoms with E-state index in [1.807, 2.05) is 39.8 Å². The number of halogens is 2. The molecule has 3 rings (SSSR count). The van der Waals surface area contributed by atoms with Crippen LogP contribution in [0.5, 0.6) is 0 Å². The summed E-state index contributed by atoms with van der Waals surface area (Å²) < 4.78 is 26.1. The molecule has 0 N–H and O–H groups in total. The Kier molecular flexibility index (Phi) is 3.18. The number of fused-ring (bicyclic) bond motifs is 1. The molecule has 1 fully saturated rings. The highest BCUT2D eigenvalue weighted by Crippen LogP contribution is 2.38. The van der Waals surface area contributed by atoms with Crippen molar-refractivity contribution in [2.24, 2.45) is 0 Å². The molecule has 20 heavy (non-hydrogen) atoms. The molecule has 0 bridgehead atoms. The van der Waals surface area contributed by atoms with Crippen molar-refractivity contribution in [1.29, 1.82) is 0 Å². The van der Waals surface area contributed by atoms with Gasteiger partial charge in [0.15, 0.2) is 5.13 Å². The van der Waals surface area contributed by atoms with Gasteiger partial charge in [0, 0.05) is 5.46 Å². The average Bonchev–Trinajstić information content (AvgIpc) is 2.78. The first-order chi connectivity index (χ1) is 9.21. The number of benzene rings is 1. The molecule has 6 heteroatoms. The normalized spacial score (nSPS) is 20.8. The molecule has 0 radical (unpaired) electrons. The zero-order valence-corrected chi connectivity index (χ0v) is 13.4. The van der Waals surface area contributed by atoms with Crippen molar-refractivity contribution in [3.05, 3.63) is 28.4 Å². The third-order valence-corrected chi connectivity index (χ3v) is 5.61. The fourth-order valence-corrected chi connectivity index (χ4v) is 3.41. The quantitative estimate of drug-likeness (QED) is 0.741. The number of hydrogen-bond acceptors (Lipinski definition) is 3. The van der Waals surface area contributed by atoms with E-state index in [0.717, 1.165) is 26.9 Å². The second kappa shape index (κ2) is 4.44. The highest BCUT2D eigenvalue weighted by atomic mass is 35.5. The molecular weight excluding hydrogens is 297 g/mol. The summed E-state index contributed by atoms with van der Waals surface area (Å²) in [6.45, 7) is 7.96. The van der Waals surface area contributed by atoms with Gasteiger partial charge in [0.1, 0.15) is 0 Å². The van der Waals surface area contributed by atoms with Gasteiger partial charge in [-0.1, -0.05) is 23.7 Å². The summed E-state index contributed by atoms with van der Waals surface area (Å²) in [6, 6.07) is 5.18. The van der Waals surface area contributed by atoms with Crippen LogP contribution < -0.4 is 5.46 Å². The van der Waals surface area contributed by atoms with Gasteiger partial charge >= 0.3 is 7.12 Å². The Morgan fingerprint density at radius 1 is 1.15 bits per heavy atom. The Balaban J connectivity index is 2.06. The summed E-state index contributed by atoms with van der Waals surface area (Å²) >= 11 is 7.45. The molecule has 2 heterocycles. The van der Waals surface area contributed by atoms with Gasteiger partial charge in [0.25, 0.3) is 0 Å². The van der Waals surface area contributed by atoms with Crippen LogP contribution in [-0.4, -0.2) is 18.3 Å². The third kappa shape index (κ3) is 2.08. The summed E-state index contributed by atoms with van der Waals surface area (Å²) in [6.07, 6.45) is 0. The number of thiophene rings is 1. The third-order valence-electron chi connectivity index (χ3n) is 4.13. The first kappa shape index (κ1) is 14.3. The summed E-state index contributed by atoms with van der Waals surface area (Å²) in [7, 11) is -0.526. The lowest BCUT2D eigenvalue weighted by atomic mass is 9.79. The first-order valence-electron chi connectivity index (χ1n) is 6.44. The van der Waals surface area contributed by atoms with E-state index in [1.54, 1.807) is 0 Å². The lowest BCUT2D eigenvalue weighted by Gasteiger charge is -2.32. The molecule has 0 spiro atoms. The van der Waals surface area contributed by atoms with Crippen molar-refractivity contribution >= 4 is 45.6 Å². The Hall–Kier alpha value is -0.615. The molecule has 0 saturated carbocycles. The zero-order chi connectivity index (χ0) is 14.7. The summed E-state index contributed by atoms with van der Waals surface area (Å²) in [5.74, 6) is 0. The highest BCUT2D eigenvalue weighted by molar-refractivity contribution is 7.18. The maximum atomic E-state index is 13.4. The van der Waals surface area contributed by atoms with Crippen LogP contribution >= 0.6 is 22.9 Å². The fourth-order valence-electron chi connectivity index (χ4n) is 2.20. The maximum Gasteiger partial charge on any atom is 0.496 e. The molecule has 1 aliphatic heterocycles. The van der Waals surface area contributed by atoms with E-state index in [-0.39, 0.29) is 5.13 Å². The van der Waals surface area contributed by atoms with Crippen molar-refractivity contribution in [2.45, 2.75) is 38.9 Å². The number of rotatable bonds is 1. The zero-order valence-electron chi connectivity index (χ0n) is 11.8. The van der Waals surface area contributed by atoms with Gasteiger partial charge in [0.05, 0.1) is 20.9 Å². The maximum absolute atomic E-state index is 13.4. The fraction of sp³-hybridized carbons (Fsp3) is 0.429. The van der Waals surface area contributed by atoms with Crippen molar-refractivity contribution in [3.8, 4) is 0 Å². The van der Waals surface area contributed by atoms with Crippen LogP contribution in [0, 0.1) is 5.13 Å². The van der Waals surface area contributed by atoms with Crippen LogP contribution in [0.15, 0.2) is 18.2 Å². The Labute approximate surface area is 127 Å². The van der Waals surface area contributed by atoms with Gasteiger partial charge in [-0.15, -0.1) is 11.3 Å². The SMILES string of the molecule is CC1(C)OB(c2ccc3cc(F)sc3c2Cl)OC1(C)C. The van der Waals surface area contributed by atoms with Crippen LogP contribution in [0.3, 0.4) is 0 Å². The standard InChI is InChI=1S/C14H15BClFO2S/c1-13(2)14(3,4)19-15(18-13)9-6-5-8-7-10(17)20-12(8)11(9)16/h5-7H,1-4H3. The van der Waals surface area contributed by atoms with Crippen LogP contribution in [0.1, 0.15) is 27.7 Å². The van der Waals surface area contributed by atoms with Crippen molar-refractivity contribution < 1.29 is 13.7 Å². The van der Waals surface area contributed by atoms with Crippen LogP contribution in [0.25, 0.3) is 10.1 Å². The second-order valence-electron chi connectivity index (χ2n) is 6.03. The van der Waals surface area contributed by atoms with Gasteiger partial charge in [-0.05, 0) is 39.1 Å². The molecule has 106 valence electrons. The molecule has 0 atom stereocenters. The van der Waals surface area contributed by atoms with E-state index in [2.05, 4.69) is 0 Å². The van der Waals surface area contributed by atoms with Crippen molar-refractivity contribution in [3.63, 3.8) is 0 Å². The van der Waals surface area contributed by atoms with E-state index in [4.69, 9.17) is 20.9 Å². The Morgan fingerprint density at radius 2 is 1.75 bits per heavy atom. The molecule has 0 aliphatic carbocycles. The predicted molar refractivity (Wildman–Crippen MR) is 82.5 cm³/mol. The molecule has 2 nitrogen and oxygen atoms in total. The van der Waals surface area contributed by atoms with E-state index in [0.29, 0.717) is 5.02 Å². The molecule has 1 saturated heterocycles. The monoisotopic (exact) mass is 312 g/mol. The van der Waals surface area contributed by atoms with E-state index in [1.165, 1.54) is 6.07 Å². The lowest BCUT2D eigenvalue weighted by Crippen LogP contribution is -2.41. The molecule has 2 aromatic rings. The Morgan fingerprint density at radius 3 is 2.35 bits per heavy atom. The summed E-state index contributed by atoms with van der Waals surface area (Å²) in [4.78, 5) is 0. The van der Waals surface area contributed by atoms with Crippen LogP contribution in [0.2, 0.25) is 5.02 Å². The minimum Gasteiger partial charge on any atom is -0.399 e. The molecule has 1 aromatic heterocycles. The molecular formula is C14H15BClFO2S. The first-order valence-corrected chi connectivity index (χ1v) is 7.64. The summed E-state index contributed by atoms with van der Waals surface area (Å²) in [5.41, 5.74) is -0.0903. The molecule has 1 aliphatic rings. The minimum absolute atomic E-state index is 0.243. The van der Waals surface area contributed by atoms with Gasteiger partial charge in [-0.25, -0.2) is 0 Å². The average molecular weight is 313 g/mol. The van der Waals surface area contributed by atoms with E-state index in [9.17, 15) is 4.39 Å². The largest absolute Gasteiger partial charge is 0.496 e. The van der Waals surface area contributed by atoms with Crippen molar-refractivity contribution in [1.82, 2.24) is 0 Å². The van der Waals surface area contributed by atoms with Crippen molar-refractivity contribution in [2.75, 3.05) is 0 Å². The second-order valence-corrected chi connectivity index (χ2v) is 7.41. The van der Waals surface area contributed by atoms with Gasteiger partial charge in [-0.2, -0.15) is 4.39 Å². The van der Waals surface area contributed by atoms with Gasteiger partial charge < -0.3 is 9.31 Å². The molecule has 1 aromatic carbocycles. The molecule has 0 unspecified atom stereocenters. The minimum atomic E-state index is -0.526. The molecule has 0 amide bonds. The highest BCUT2D eigenvalue weighted by Gasteiger charge is 2.52. The summed E-state index contributed by atoms with van der Waals surface area (Å²) in [5, 5.41) is 1.07. The van der Waals surface area contributed by atoms with Gasteiger partial charge in [-0.3, -0.25) is 0 Å². The topological polar surface area (TPSA) is 18.5 Å². The predicted octanol–water partition coefficient (Wildman–Crippen LogP) is 3.99. The smallest absolute Gasteiger partial charge is 0.399 e. The van der Waals surface area contributed by atoms with Crippen LogP contribution in [-0.2, 0) is 9.31 Å². The number of hydrogen-bond donors (Lipinski definition) is 0. The van der Waals surface area contributed by atoms with Gasteiger partial charge in [0.2, 0.25) is 0 Å². The van der Waals surface area contributed by atoms with Crippen LogP contribution in [0.4, 0.5) is 4.39 Å². The van der Waals surface area contributed by atoms with E-state index < -0.39 is 18.3 Å². The Bertz CT molecular complexity index is 667. The lowest BCUT2D eigenvalue weighted by molar-refractivity contribution is 0.00578. The van der Waals surface area contributed by atoms with E-state index >= 15 is 0 Å².